The highest BCUT2D eigenvalue weighted by Gasteiger charge is 2.20. The first-order valence-corrected chi connectivity index (χ1v) is 7.94. The molecule has 134 valence electrons. The van der Waals surface area contributed by atoms with Gasteiger partial charge in [-0.15, -0.1) is 0 Å². The molecule has 0 aliphatic carbocycles. The largest absolute Gasteiger partial charge is 0.399 e. The van der Waals surface area contributed by atoms with Crippen LogP contribution in [-0.2, 0) is 9.47 Å². The van der Waals surface area contributed by atoms with Gasteiger partial charge < -0.3 is 20.1 Å². The van der Waals surface area contributed by atoms with Crippen molar-refractivity contribution in [2.45, 2.75) is 0 Å². The lowest BCUT2D eigenvalue weighted by atomic mass is 10.00. The lowest BCUT2D eigenvalue weighted by molar-refractivity contribution is -0.384. The number of nitro groups is 1. The lowest BCUT2D eigenvalue weighted by Gasteiger charge is -2.27. The van der Waals surface area contributed by atoms with Crippen molar-refractivity contribution in [3.05, 3.63) is 52.6 Å². The normalized spacial score (nSPS) is 10.6. The third kappa shape index (κ3) is 4.68. The number of rotatable bonds is 9. The minimum atomic E-state index is -0.378. The van der Waals surface area contributed by atoms with Crippen LogP contribution in [0, 0.1) is 10.1 Å². The Morgan fingerprint density at radius 1 is 1.04 bits per heavy atom. The van der Waals surface area contributed by atoms with E-state index in [0.29, 0.717) is 37.6 Å². The highest BCUT2D eigenvalue weighted by Crippen LogP contribution is 2.37. The van der Waals surface area contributed by atoms with Crippen molar-refractivity contribution in [1.29, 1.82) is 0 Å². The number of benzene rings is 2. The van der Waals surface area contributed by atoms with Crippen LogP contribution < -0.4 is 10.6 Å². The standard InChI is InChI=1S/C18H23N3O4/c1-24-11-9-20(10-12-25-2)17-8-7-14(19)13-16(17)15-5-3-4-6-18(15)21(22)23/h3-8,13H,9-12,19H2,1-2H3. The predicted molar refractivity (Wildman–Crippen MR) is 98.9 cm³/mol. The number of nitro benzene ring substituents is 1. The second-order valence-electron chi connectivity index (χ2n) is 5.52. The van der Waals surface area contributed by atoms with Crippen LogP contribution in [0.5, 0.6) is 0 Å². The average molecular weight is 345 g/mol. The van der Waals surface area contributed by atoms with Crippen LogP contribution in [0.3, 0.4) is 0 Å². The third-order valence-electron chi connectivity index (χ3n) is 3.88. The van der Waals surface area contributed by atoms with Crippen LogP contribution in [0.4, 0.5) is 17.1 Å². The van der Waals surface area contributed by atoms with Crippen LogP contribution in [0.2, 0.25) is 0 Å². The summed E-state index contributed by atoms with van der Waals surface area (Å²) < 4.78 is 10.4. The van der Waals surface area contributed by atoms with Gasteiger partial charge in [-0.05, 0) is 24.3 Å². The SMILES string of the molecule is COCCN(CCOC)c1ccc(N)cc1-c1ccccc1[N+](=O)[O-]. The van der Waals surface area contributed by atoms with Gasteiger partial charge in [-0.2, -0.15) is 0 Å². The van der Waals surface area contributed by atoms with Crippen molar-refractivity contribution in [3.8, 4) is 11.1 Å². The smallest absolute Gasteiger partial charge is 0.277 e. The summed E-state index contributed by atoms with van der Waals surface area (Å²) in [7, 11) is 3.28. The fourth-order valence-corrected chi connectivity index (χ4v) is 2.66. The van der Waals surface area contributed by atoms with Gasteiger partial charge in [0.05, 0.1) is 23.7 Å². The molecule has 2 aromatic carbocycles. The number of nitrogen functional groups attached to an aromatic ring is 1. The summed E-state index contributed by atoms with van der Waals surface area (Å²) in [5.41, 5.74) is 8.67. The Morgan fingerprint density at radius 3 is 2.28 bits per heavy atom. The highest BCUT2D eigenvalue weighted by atomic mass is 16.6. The molecule has 25 heavy (non-hydrogen) atoms. The number of anilines is 2. The Kier molecular flexibility index (Phi) is 6.73. The van der Waals surface area contributed by atoms with Gasteiger partial charge in [0.2, 0.25) is 0 Å². The molecule has 2 aromatic rings. The van der Waals surface area contributed by atoms with Crippen LogP contribution in [0.15, 0.2) is 42.5 Å². The number of nitrogens with zero attached hydrogens (tertiary/aromatic N) is 2. The monoisotopic (exact) mass is 345 g/mol. The summed E-state index contributed by atoms with van der Waals surface area (Å²) in [6.45, 7) is 2.34. The summed E-state index contributed by atoms with van der Waals surface area (Å²) in [6.07, 6.45) is 0. The number of para-hydroxylation sites is 1. The maximum absolute atomic E-state index is 11.4. The molecular weight excluding hydrogens is 322 g/mol. The van der Waals surface area contributed by atoms with E-state index in [1.165, 1.54) is 6.07 Å². The Morgan fingerprint density at radius 2 is 1.68 bits per heavy atom. The van der Waals surface area contributed by atoms with Gasteiger partial charge in [0.25, 0.3) is 5.69 Å². The van der Waals surface area contributed by atoms with Gasteiger partial charge >= 0.3 is 0 Å². The molecule has 2 rings (SSSR count). The molecule has 0 saturated heterocycles. The average Bonchev–Trinajstić information content (AvgIpc) is 2.62. The van der Waals surface area contributed by atoms with Gasteiger partial charge in [0.15, 0.2) is 0 Å². The maximum Gasteiger partial charge on any atom is 0.277 e. The zero-order valence-corrected chi connectivity index (χ0v) is 14.5. The van der Waals surface area contributed by atoms with Gasteiger partial charge in [-0.3, -0.25) is 10.1 Å². The topological polar surface area (TPSA) is 90.9 Å². The predicted octanol–water partition coefficient (Wildman–Crippen LogP) is 2.94. The van der Waals surface area contributed by atoms with Gasteiger partial charge in [0.1, 0.15) is 0 Å². The number of methoxy groups -OCH3 is 2. The fraction of sp³-hybridized carbons (Fsp3) is 0.333. The van der Waals surface area contributed by atoms with E-state index in [-0.39, 0.29) is 10.6 Å². The highest BCUT2D eigenvalue weighted by molar-refractivity contribution is 5.86. The molecule has 0 unspecified atom stereocenters. The number of nitrogens with two attached hydrogens (primary N) is 1. The van der Waals surface area contributed by atoms with Crippen LogP contribution in [-0.4, -0.2) is 45.4 Å². The zero-order chi connectivity index (χ0) is 18.2. The fourth-order valence-electron chi connectivity index (χ4n) is 2.66. The van der Waals surface area contributed by atoms with E-state index in [0.717, 1.165) is 11.3 Å². The van der Waals surface area contributed by atoms with Gasteiger partial charge in [-0.25, -0.2) is 0 Å². The van der Waals surface area contributed by atoms with Crippen molar-refractivity contribution in [2.24, 2.45) is 0 Å². The Labute approximate surface area is 147 Å². The number of ether oxygens (including phenoxy) is 2. The van der Waals surface area contributed by atoms with Crippen molar-refractivity contribution in [3.63, 3.8) is 0 Å². The van der Waals surface area contributed by atoms with E-state index in [1.807, 2.05) is 6.07 Å². The van der Waals surface area contributed by atoms with Crippen LogP contribution in [0.25, 0.3) is 11.1 Å². The molecule has 0 fully saturated rings. The maximum atomic E-state index is 11.4. The molecule has 0 heterocycles. The van der Waals surface area contributed by atoms with E-state index >= 15 is 0 Å². The number of hydrogen-bond acceptors (Lipinski definition) is 6. The molecule has 7 heteroatoms. The van der Waals surface area contributed by atoms with E-state index in [2.05, 4.69) is 4.90 Å². The molecule has 0 atom stereocenters. The van der Waals surface area contributed by atoms with Gasteiger partial charge in [0, 0.05) is 50.3 Å². The van der Waals surface area contributed by atoms with Crippen molar-refractivity contribution < 1.29 is 14.4 Å². The zero-order valence-electron chi connectivity index (χ0n) is 14.5. The molecule has 0 spiro atoms. The van der Waals surface area contributed by atoms with Crippen molar-refractivity contribution in [2.75, 3.05) is 51.2 Å². The van der Waals surface area contributed by atoms with E-state index in [4.69, 9.17) is 15.2 Å². The summed E-state index contributed by atoms with van der Waals surface area (Å²) >= 11 is 0. The first-order valence-electron chi connectivity index (χ1n) is 7.94. The Balaban J connectivity index is 2.54. The quantitative estimate of drug-likeness (QED) is 0.427. The second kappa shape index (κ2) is 9.00. The summed E-state index contributed by atoms with van der Waals surface area (Å²) in [6, 6.07) is 12.1. The van der Waals surface area contributed by atoms with Crippen LogP contribution in [0.1, 0.15) is 0 Å². The minimum absolute atomic E-state index is 0.0489. The van der Waals surface area contributed by atoms with E-state index in [9.17, 15) is 10.1 Å². The molecule has 0 aliphatic rings. The van der Waals surface area contributed by atoms with E-state index < -0.39 is 0 Å². The minimum Gasteiger partial charge on any atom is -0.399 e. The molecule has 0 amide bonds. The molecule has 0 bridgehead atoms. The van der Waals surface area contributed by atoms with Crippen molar-refractivity contribution in [1.82, 2.24) is 0 Å². The summed E-state index contributed by atoms with van der Waals surface area (Å²) in [5, 5.41) is 11.4. The molecule has 0 aromatic heterocycles. The second-order valence-corrected chi connectivity index (χ2v) is 5.52. The molecule has 2 N–H and O–H groups in total. The lowest BCUT2D eigenvalue weighted by Crippen LogP contribution is -2.31. The molecule has 0 saturated carbocycles. The first-order chi connectivity index (χ1) is 12.1. The molecule has 0 radical (unpaired) electrons. The summed E-state index contributed by atoms with van der Waals surface area (Å²) in [4.78, 5) is 13.1. The molecule has 0 aliphatic heterocycles. The number of hydrogen-bond donors (Lipinski definition) is 1. The molecule has 7 nitrogen and oxygen atoms in total. The summed E-state index contributed by atoms with van der Waals surface area (Å²) in [5.74, 6) is 0. The Bertz CT molecular complexity index is 713. The van der Waals surface area contributed by atoms with Crippen LogP contribution >= 0.6 is 0 Å². The Hall–Kier alpha value is -2.64. The first kappa shape index (κ1) is 18.7. The van der Waals surface area contributed by atoms with Crippen molar-refractivity contribution >= 4 is 17.1 Å². The van der Waals surface area contributed by atoms with Gasteiger partial charge in [-0.1, -0.05) is 12.1 Å². The third-order valence-corrected chi connectivity index (χ3v) is 3.88. The van der Waals surface area contributed by atoms with E-state index in [1.54, 1.807) is 44.6 Å². The molecular formula is C18H23N3O4.